The number of halogens is 1. The van der Waals surface area contributed by atoms with Gasteiger partial charge >= 0.3 is 0 Å². The summed E-state index contributed by atoms with van der Waals surface area (Å²) in [5.41, 5.74) is -0.222. The maximum Gasteiger partial charge on any atom is 0.226 e. The molecule has 1 aromatic rings. The van der Waals surface area contributed by atoms with Crippen LogP contribution in [0.1, 0.15) is 56.6 Å². The number of likely N-dealkylation sites (tertiary alicyclic amines) is 1. The molecule has 0 bridgehead atoms. The van der Waals surface area contributed by atoms with E-state index in [1.165, 1.54) is 12.1 Å². The van der Waals surface area contributed by atoms with Gasteiger partial charge in [-0.05, 0) is 37.0 Å². The van der Waals surface area contributed by atoms with Crippen molar-refractivity contribution in [3.8, 4) is 0 Å². The Morgan fingerprint density at radius 1 is 1.30 bits per heavy atom. The van der Waals surface area contributed by atoms with E-state index in [9.17, 15) is 19.4 Å². The molecule has 1 saturated carbocycles. The Labute approximate surface area is 135 Å². The fourth-order valence-electron chi connectivity index (χ4n) is 3.89. The fourth-order valence-corrected chi connectivity index (χ4v) is 3.89. The highest BCUT2D eigenvalue weighted by atomic mass is 19.1. The summed E-state index contributed by atoms with van der Waals surface area (Å²) in [4.78, 5) is 14.3. The highest BCUT2D eigenvalue weighted by Crippen LogP contribution is 2.36. The van der Waals surface area contributed by atoms with Crippen molar-refractivity contribution in [1.29, 1.82) is 0 Å². The molecule has 2 atom stereocenters. The molecule has 3 rings (SSSR count). The predicted molar refractivity (Wildman–Crippen MR) is 84.1 cm³/mol. The number of hydrogen-bond acceptors (Lipinski definition) is 3. The van der Waals surface area contributed by atoms with Crippen LogP contribution in [0.2, 0.25) is 0 Å². The quantitative estimate of drug-likeness (QED) is 0.899. The molecule has 1 aliphatic heterocycles. The van der Waals surface area contributed by atoms with Gasteiger partial charge in [-0.25, -0.2) is 4.39 Å². The van der Waals surface area contributed by atoms with E-state index in [1.54, 1.807) is 17.0 Å². The number of β-amino-alcohol motifs (C(OH)–C–C–N with tert-alkyl or cyclic N) is 1. The first kappa shape index (κ1) is 16.4. The summed E-state index contributed by atoms with van der Waals surface area (Å²) in [6.45, 7) is 0.246. The minimum Gasteiger partial charge on any atom is -0.391 e. The first-order valence-corrected chi connectivity index (χ1v) is 8.42. The molecule has 0 aromatic heterocycles. The summed E-state index contributed by atoms with van der Waals surface area (Å²) in [6.07, 6.45) is 4.19. The van der Waals surface area contributed by atoms with Gasteiger partial charge in [0.1, 0.15) is 5.82 Å². The molecule has 1 heterocycles. The second kappa shape index (κ2) is 6.57. The molecular weight excluding hydrogens is 297 g/mol. The van der Waals surface area contributed by atoms with E-state index >= 15 is 0 Å². The van der Waals surface area contributed by atoms with Gasteiger partial charge in [-0.1, -0.05) is 31.4 Å². The van der Waals surface area contributed by atoms with Crippen LogP contribution in [0.25, 0.3) is 0 Å². The van der Waals surface area contributed by atoms with Crippen LogP contribution in [0.5, 0.6) is 0 Å². The number of nitrogens with zero attached hydrogens (tertiary/aromatic N) is 1. The van der Waals surface area contributed by atoms with E-state index in [4.69, 9.17) is 0 Å². The largest absolute Gasteiger partial charge is 0.391 e. The highest BCUT2D eigenvalue weighted by Gasteiger charge is 2.39. The van der Waals surface area contributed by atoms with Gasteiger partial charge in [-0.2, -0.15) is 0 Å². The lowest BCUT2D eigenvalue weighted by Gasteiger charge is -2.34. The number of carbonyl (C=O) groups excluding carboxylic acids is 1. The van der Waals surface area contributed by atoms with Gasteiger partial charge in [-0.15, -0.1) is 0 Å². The van der Waals surface area contributed by atoms with Crippen molar-refractivity contribution in [3.05, 3.63) is 35.6 Å². The Morgan fingerprint density at radius 3 is 2.74 bits per heavy atom. The molecule has 5 heteroatoms. The molecule has 23 heavy (non-hydrogen) atoms. The number of carbonyl (C=O) groups is 1. The third kappa shape index (κ3) is 3.72. The van der Waals surface area contributed by atoms with Crippen LogP contribution in [-0.4, -0.2) is 39.3 Å². The van der Waals surface area contributed by atoms with Gasteiger partial charge in [0.05, 0.1) is 24.2 Å². The van der Waals surface area contributed by atoms with Gasteiger partial charge in [0, 0.05) is 6.54 Å². The van der Waals surface area contributed by atoms with Gasteiger partial charge in [-0.3, -0.25) is 4.79 Å². The molecule has 0 radical (unpaired) electrons. The molecule has 0 spiro atoms. The van der Waals surface area contributed by atoms with Crippen LogP contribution in [0, 0.1) is 5.82 Å². The molecule has 2 unspecified atom stereocenters. The Hall–Kier alpha value is -1.46. The van der Waals surface area contributed by atoms with Crippen molar-refractivity contribution < 1.29 is 19.4 Å². The zero-order valence-electron chi connectivity index (χ0n) is 13.2. The zero-order valence-corrected chi connectivity index (χ0v) is 13.2. The first-order chi connectivity index (χ1) is 11.0. The van der Waals surface area contributed by atoms with E-state index in [2.05, 4.69) is 0 Å². The molecule has 1 aliphatic carbocycles. The number of benzene rings is 1. The monoisotopic (exact) mass is 321 g/mol. The van der Waals surface area contributed by atoms with Crippen LogP contribution in [0.3, 0.4) is 0 Å². The van der Waals surface area contributed by atoms with Crippen molar-refractivity contribution >= 4 is 5.91 Å². The topological polar surface area (TPSA) is 60.8 Å². The Kier molecular flexibility index (Phi) is 4.69. The summed E-state index contributed by atoms with van der Waals surface area (Å²) >= 11 is 0. The van der Waals surface area contributed by atoms with E-state index < -0.39 is 11.7 Å². The summed E-state index contributed by atoms with van der Waals surface area (Å²) in [7, 11) is 0. The second-order valence-electron chi connectivity index (χ2n) is 6.97. The molecule has 4 nitrogen and oxygen atoms in total. The number of hydrogen-bond donors (Lipinski definition) is 2. The summed E-state index contributed by atoms with van der Waals surface area (Å²) in [5, 5.41) is 20.6. The standard InChI is InChI=1S/C18H24FNO3/c19-14-6-4-5-13(9-14)16-10-15(21)12-20(16)17(22)11-18(23)7-2-1-3-8-18/h4-6,9,15-16,21,23H,1-3,7-8,10-12H2. The summed E-state index contributed by atoms with van der Waals surface area (Å²) in [6, 6.07) is 5.86. The summed E-state index contributed by atoms with van der Waals surface area (Å²) in [5.74, 6) is -0.498. The number of aliphatic hydroxyl groups excluding tert-OH is 1. The van der Waals surface area contributed by atoms with E-state index in [0.29, 0.717) is 24.8 Å². The van der Waals surface area contributed by atoms with Crippen LogP contribution in [0.15, 0.2) is 24.3 Å². The normalized spacial score (nSPS) is 27.2. The van der Waals surface area contributed by atoms with Crippen molar-refractivity contribution in [2.24, 2.45) is 0 Å². The third-order valence-corrected chi connectivity index (χ3v) is 5.10. The molecule has 2 N–H and O–H groups in total. The van der Waals surface area contributed by atoms with Crippen LogP contribution < -0.4 is 0 Å². The van der Waals surface area contributed by atoms with Crippen LogP contribution >= 0.6 is 0 Å². The lowest BCUT2D eigenvalue weighted by Crippen LogP contribution is -2.40. The van der Waals surface area contributed by atoms with Gasteiger partial charge in [0.25, 0.3) is 0 Å². The van der Waals surface area contributed by atoms with Crippen molar-refractivity contribution in [2.45, 2.75) is 62.7 Å². The molecule has 126 valence electrons. The average Bonchev–Trinajstić information content (AvgIpc) is 2.90. The highest BCUT2D eigenvalue weighted by molar-refractivity contribution is 5.78. The summed E-state index contributed by atoms with van der Waals surface area (Å²) < 4.78 is 13.5. The van der Waals surface area contributed by atoms with Gasteiger partial charge < -0.3 is 15.1 Å². The maximum atomic E-state index is 13.5. The van der Waals surface area contributed by atoms with E-state index in [1.807, 2.05) is 0 Å². The minimum atomic E-state index is -0.921. The molecule has 1 saturated heterocycles. The van der Waals surface area contributed by atoms with Crippen LogP contribution in [-0.2, 0) is 4.79 Å². The minimum absolute atomic E-state index is 0.0888. The Bertz CT molecular complexity index is 571. The van der Waals surface area contributed by atoms with Crippen LogP contribution in [0.4, 0.5) is 4.39 Å². The SMILES string of the molecule is O=C(CC1(O)CCCCC1)N1CC(O)CC1c1cccc(F)c1. The molecule has 2 aliphatic rings. The maximum absolute atomic E-state index is 13.5. The van der Waals surface area contributed by atoms with Crippen molar-refractivity contribution in [2.75, 3.05) is 6.54 Å². The van der Waals surface area contributed by atoms with E-state index in [0.717, 1.165) is 19.3 Å². The third-order valence-electron chi connectivity index (χ3n) is 5.10. The molecule has 2 fully saturated rings. The number of aliphatic hydroxyl groups is 2. The predicted octanol–water partition coefficient (Wildman–Crippen LogP) is 2.55. The zero-order chi connectivity index (χ0) is 16.4. The first-order valence-electron chi connectivity index (χ1n) is 8.42. The molecular formula is C18H24FNO3. The number of rotatable bonds is 3. The Balaban J connectivity index is 1.75. The lowest BCUT2D eigenvalue weighted by molar-refractivity contribution is -0.139. The lowest BCUT2D eigenvalue weighted by atomic mass is 9.82. The Morgan fingerprint density at radius 2 is 2.04 bits per heavy atom. The van der Waals surface area contributed by atoms with Gasteiger partial charge in [0.15, 0.2) is 0 Å². The van der Waals surface area contributed by atoms with Crippen molar-refractivity contribution in [3.63, 3.8) is 0 Å². The second-order valence-corrected chi connectivity index (χ2v) is 6.97. The van der Waals surface area contributed by atoms with E-state index in [-0.39, 0.29) is 30.7 Å². The van der Waals surface area contributed by atoms with Crippen molar-refractivity contribution in [1.82, 2.24) is 4.90 Å². The molecule has 1 aromatic carbocycles. The molecule has 1 amide bonds. The fraction of sp³-hybridized carbons (Fsp3) is 0.611. The smallest absolute Gasteiger partial charge is 0.226 e. The number of amides is 1. The van der Waals surface area contributed by atoms with Gasteiger partial charge in [0.2, 0.25) is 5.91 Å². The average molecular weight is 321 g/mol.